The molecule has 0 spiro atoms. The summed E-state index contributed by atoms with van der Waals surface area (Å²) in [5, 5.41) is 5.73. The summed E-state index contributed by atoms with van der Waals surface area (Å²) in [6.45, 7) is 6.35. The molecule has 0 aromatic heterocycles. The maximum atomic E-state index is 12.5. The molecular weight excluding hydrogens is 346 g/mol. The van der Waals surface area contributed by atoms with Gasteiger partial charge in [-0.3, -0.25) is 14.5 Å². The minimum Gasteiger partial charge on any atom is -0.497 e. The van der Waals surface area contributed by atoms with Gasteiger partial charge in [-0.1, -0.05) is 11.6 Å². The number of carbonyl (C=O) groups excluding carboxylic acids is 2. The number of hydrogen-bond donors (Lipinski definition) is 2. The van der Waals surface area contributed by atoms with Crippen molar-refractivity contribution < 1.29 is 19.1 Å². The predicted molar refractivity (Wildman–Crippen MR) is 104 cm³/mol. The first-order valence-electron chi connectivity index (χ1n) is 9.07. The highest BCUT2D eigenvalue weighted by molar-refractivity contribution is 5.88. The minimum absolute atomic E-state index is 0.0995. The summed E-state index contributed by atoms with van der Waals surface area (Å²) >= 11 is 0. The number of nitrogens with zero attached hydrogens (tertiary/aromatic N) is 1. The van der Waals surface area contributed by atoms with Crippen LogP contribution in [0.1, 0.15) is 25.8 Å². The summed E-state index contributed by atoms with van der Waals surface area (Å²) in [4.78, 5) is 26.8. The highest BCUT2D eigenvalue weighted by Crippen LogP contribution is 2.23. The molecule has 2 N–H and O–H groups in total. The maximum absolute atomic E-state index is 12.5. The fourth-order valence-corrected chi connectivity index (χ4v) is 2.96. The Balaban J connectivity index is 1.99. The molecular formula is C20H29N3O4. The van der Waals surface area contributed by atoms with Crippen molar-refractivity contribution in [3.63, 3.8) is 0 Å². The predicted octanol–water partition coefficient (Wildman–Crippen LogP) is 1.48. The molecule has 7 nitrogen and oxygen atoms in total. The van der Waals surface area contributed by atoms with Crippen molar-refractivity contribution in [2.45, 2.75) is 32.9 Å². The molecule has 148 valence electrons. The first kappa shape index (κ1) is 20.8. The van der Waals surface area contributed by atoms with Gasteiger partial charge >= 0.3 is 0 Å². The second kappa shape index (κ2) is 9.97. The summed E-state index contributed by atoms with van der Waals surface area (Å²) < 4.78 is 10.6. The van der Waals surface area contributed by atoms with E-state index in [1.807, 2.05) is 24.8 Å². The normalized spacial score (nSPS) is 17.0. The average molecular weight is 375 g/mol. The standard InChI is InChI=1S/C20H29N3O4/c1-14(2)7-9-23-10-8-21-20(25)17(23)12-19(24)22-13-15-11-16(26-3)5-6-18(15)27-4/h5-7,11,17H,8-10,12-13H2,1-4H3,(H,21,25)(H,22,24)/t17-/m1/s1. The molecule has 1 aromatic rings. The molecule has 0 radical (unpaired) electrons. The third-order valence-electron chi connectivity index (χ3n) is 4.52. The van der Waals surface area contributed by atoms with Crippen molar-refractivity contribution in [1.29, 1.82) is 0 Å². The Morgan fingerprint density at radius 1 is 1.33 bits per heavy atom. The van der Waals surface area contributed by atoms with E-state index in [4.69, 9.17) is 9.47 Å². The molecule has 2 rings (SSSR count). The van der Waals surface area contributed by atoms with Crippen LogP contribution in [0.3, 0.4) is 0 Å². The Hall–Kier alpha value is -2.54. The van der Waals surface area contributed by atoms with Crippen molar-refractivity contribution in [2.75, 3.05) is 33.9 Å². The number of nitrogens with one attached hydrogen (secondary N) is 2. The van der Waals surface area contributed by atoms with E-state index in [1.165, 1.54) is 5.57 Å². The molecule has 0 aliphatic carbocycles. The number of ether oxygens (including phenoxy) is 2. The number of allylic oxidation sites excluding steroid dienone is 1. The highest BCUT2D eigenvalue weighted by Gasteiger charge is 2.30. The summed E-state index contributed by atoms with van der Waals surface area (Å²) in [5.74, 6) is 1.10. The molecule has 1 aliphatic heterocycles. The van der Waals surface area contributed by atoms with Gasteiger partial charge < -0.3 is 20.1 Å². The average Bonchev–Trinajstić information content (AvgIpc) is 2.66. The van der Waals surface area contributed by atoms with Crippen LogP contribution in [0, 0.1) is 0 Å². The lowest BCUT2D eigenvalue weighted by Crippen LogP contribution is -2.56. The number of benzene rings is 1. The first-order valence-corrected chi connectivity index (χ1v) is 9.07. The molecule has 1 heterocycles. The zero-order valence-electron chi connectivity index (χ0n) is 16.5. The van der Waals surface area contributed by atoms with Gasteiger partial charge in [0, 0.05) is 31.7 Å². The smallest absolute Gasteiger partial charge is 0.237 e. The number of carbonyl (C=O) groups is 2. The Morgan fingerprint density at radius 2 is 2.11 bits per heavy atom. The Bertz CT molecular complexity index is 698. The number of hydrogen-bond acceptors (Lipinski definition) is 5. The minimum atomic E-state index is -0.457. The fraction of sp³-hybridized carbons (Fsp3) is 0.500. The van der Waals surface area contributed by atoms with Crippen molar-refractivity contribution in [1.82, 2.24) is 15.5 Å². The van der Waals surface area contributed by atoms with E-state index in [9.17, 15) is 9.59 Å². The van der Waals surface area contributed by atoms with Crippen molar-refractivity contribution >= 4 is 11.8 Å². The van der Waals surface area contributed by atoms with Crippen LogP contribution in [0.25, 0.3) is 0 Å². The Kier molecular flexibility index (Phi) is 7.67. The van der Waals surface area contributed by atoms with Crippen LogP contribution in [0.4, 0.5) is 0 Å². The molecule has 0 saturated carbocycles. The van der Waals surface area contributed by atoms with Crippen LogP contribution in [-0.4, -0.2) is 56.6 Å². The largest absolute Gasteiger partial charge is 0.497 e. The molecule has 1 aromatic carbocycles. The van der Waals surface area contributed by atoms with E-state index >= 15 is 0 Å². The first-order chi connectivity index (χ1) is 12.9. The summed E-state index contributed by atoms with van der Waals surface area (Å²) in [6.07, 6.45) is 2.19. The molecule has 1 atom stereocenters. The maximum Gasteiger partial charge on any atom is 0.237 e. The molecule has 27 heavy (non-hydrogen) atoms. The molecule has 1 saturated heterocycles. The molecule has 0 bridgehead atoms. The third kappa shape index (κ3) is 5.99. The zero-order valence-corrected chi connectivity index (χ0v) is 16.5. The van der Waals surface area contributed by atoms with E-state index in [1.54, 1.807) is 26.4 Å². The quantitative estimate of drug-likeness (QED) is 0.673. The lowest BCUT2D eigenvalue weighted by atomic mass is 10.1. The summed E-state index contributed by atoms with van der Waals surface area (Å²) in [7, 11) is 3.17. The van der Waals surface area contributed by atoms with Crippen LogP contribution >= 0.6 is 0 Å². The van der Waals surface area contributed by atoms with Crippen molar-refractivity contribution in [3.8, 4) is 11.5 Å². The monoisotopic (exact) mass is 375 g/mol. The lowest BCUT2D eigenvalue weighted by molar-refractivity contribution is -0.133. The van der Waals surface area contributed by atoms with Crippen LogP contribution in [0.15, 0.2) is 29.8 Å². The van der Waals surface area contributed by atoms with Gasteiger partial charge in [0.25, 0.3) is 0 Å². The Labute approximate surface area is 160 Å². The van der Waals surface area contributed by atoms with Gasteiger partial charge in [0.05, 0.1) is 26.7 Å². The molecule has 0 unspecified atom stereocenters. The number of piperazine rings is 1. The van der Waals surface area contributed by atoms with Gasteiger partial charge in [-0.2, -0.15) is 0 Å². The molecule has 1 aliphatic rings. The second-order valence-electron chi connectivity index (χ2n) is 6.74. The topological polar surface area (TPSA) is 79.9 Å². The van der Waals surface area contributed by atoms with Gasteiger partial charge in [0.1, 0.15) is 11.5 Å². The number of amides is 2. The van der Waals surface area contributed by atoms with Gasteiger partial charge in [0.2, 0.25) is 11.8 Å². The van der Waals surface area contributed by atoms with Crippen LogP contribution in [0.2, 0.25) is 0 Å². The number of methoxy groups -OCH3 is 2. The van der Waals surface area contributed by atoms with Crippen LogP contribution in [-0.2, 0) is 16.1 Å². The fourth-order valence-electron chi connectivity index (χ4n) is 2.96. The van der Waals surface area contributed by atoms with Gasteiger partial charge in [-0.15, -0.1) is 0 Å². The van der Waals surface area contributed by atoms with Crippen LogP contribution < -0.4 is 20.1 Å². The Morgan fingerprint density at radius 3 is 2.78 bits per heavy atom. The van der Waals surface area contributed by atoms with E-state index in [0.717, 1.165) is 12.1 Å². The van der Waals surface area contributed by atoms with E-state index in [0.29, 0.717) is 31.1 Å². The molecule has 1 fully saturated rings. The summed E-state index contributed by atoms with van der Waals surface area (Å²) in [5.41, 5.74) is 2.01. The third-order valence-corrected chi connectivity index (χ3v) is 4.52. The SMILES string of the molecule is COc1ccc(OC)c(CNC(=O)C[C@@H]2C(=O)NCCN2CC=C(C)C)c1. The second-order valence-corrected chi connectivity index (χ2v) is 6.74. The van der Waals surface area contributed by atoms with Gasteiger partial charge in [0.15, 0.2) is 0 Å². The van der Waals surface area contributed by atoms with E-state index in [-0.39, 0.29) is 18.2 Å². The van der Waals surface area contributed by atoms with Crippen molar-refractivity contribution in [3.05, 3.63) is 35.4 Å². The number of rotatable bonds is 8. The summed E-state index contributed by atoms with van der Waals surface area (Å²) in [6, 6.07) is 4.97. The zero-order chi connectivity index (χ0) is 19.8. The highest BCUT2D eigenvalue weighted by atomic mass is 16.5. The van der Waals surface area contributed by atoms with Crippen molar-refractivity contribution in [2.24, 2.45) is 0 Å². The lowest BCUT2D eigenvalue weighted by Gasteiger charge is -2.34. The van der Waals surface area contributed by atoms with Gasteiger partial charge in [-0.05, 0) is 32.0 Å². The van der Waals surface area contributed by atoms with E-state index < -0.39 is 6.04 Å². The van der Waals surface area contributed by atoms with E-state index in [2.05, 4.69) is 16.7 Å². The van der Waals surface area contributed by atoms with Crippen LogP contribution in [0.5, 0.6) is 11.5 Å². The van der Waals surface area contributed by atoms with Gasteiger partial charge in [-0.25, -0.2) is 0 Å². The molecule has 7 heteroatoms. The molecule has 2 amide bonds.